The summed E-state index contributed by atoms with van der Waals surface area (Å²) in [6.07, 6.45) is 1.88. The van der Waals surface area contributed by atoms with E-state index in [2.05, 4.69) is 27.8 Å². The molecule has 0 fully saturated rings. The molecule has 0 spiro atoms. The number of hydrogen-bond acceptors (Lipinski definition) is 4. The summed E-state index contributed by atoms with van der Waals surface area (Å²) in [5, 5.41) is 17.2. The van der Waals surface area contributed by atoms with Crippen molar-refractivity contribution in [3.63, 3.8) is 0 Å². The Balaban J connectivity index is 0.00000261. The van der Waals surface area contributed by atoms with E-state index in [-0.39, 0.29) is 29.7 Å². The van der Waals surface area contributed by atoms with E-state index in [9.17, 15) is 10.1 Å². The number of nitro groups is 1. The number of nitrogens with one attached hydrogen (secondary N) is 2. The Bertz CT molecular complexity index is 809. The molecule has 0 aromatic heterocycles. The summed E-state index contributed by atoms with van der Waals surface area (Å²) in [6.45, 7) is 2.09. The number of benzene rings is 2. The third-order valence-corrected chi connectivity index (χ3v) is 4.29. The highest BCUT2D eigenvalue weighted by Gasteiger charge is 2.11. The number of guanidine groups is 1. The Morgan fingerprint density at radius 1 is 1.19 bits per heavy atom. The van der Waals surface area contributed by atoms with Crippen LogP contribution in [-0.4, -0.2) is 31.1 Å². The number of hydrogen-bond donors (Lipinski definition) is 2. The Morgan fingerprint density at radius 3 is 2.63 bits per heavy atom. The average Bonchev–Trinajstić information content (AvgIpc) is 3.12. The van der Waals surface area contributed by atoms with Crippen molar-refractivity contribution in [1.29, 1.82) is 0 Å². The summed E-state index contributed by atoms with van der Waals surface area (Å²) < 4.78 is 5.53. The number of halogens is 1. The summed E-state index contributed by atoms with van der Waals surface area (Å²) >= 11 is 0. The summed E-state index contributed by atoms with van der Waals surface area (Å²) in [5.74, 6) is 1.70. The van der Waals surface area contributed by atoms with Gasteiger partial charge in [0.1, 0.15) is 5.75 Å². The van der Waals surface area contributed by atoms with Gasteiger partial charge in [0.2, 0.25) is 0 Å². The maximum absolute atomic E-state index is 10.7. The second-order valence-corrected chi connectivity index (χ2v) is 6.07. The first kappa shape index (κ1) is 20.9. The Labute approximate surface area is 175 Å². The predicted octanol–water partition coefficient (Wildman–Crippen LogP) is 3.06. The van der Waals surface area contributed by atoms with Crippen molar-refractivity contribution in [2.75, 3.05) is 20.2 Å². The first-order chi connectivity index (χ1) is 12.7. The van der Waals surface area contributed by atoms with Gasteiger partial charge in [-0.25, -0.2) is 0 Å². The lowest BCUT2D eigenvalue weighted by Gasteiger charge is -2.12. The minimum atomic E-state index is -0.400. The molecule has 1 heterocycles. The summed E-state index contributed by atoms with van der Waals surface area (Å²) in [6, 6.07) is 12.8. The van der Waals surface area contributed by atoms with Crippen LogP contribution in [0.3, 0.4) is 0 Å². The number of nitrogens with zero attached hydrogens (tertiary/aromatic N) is 2. The Kier molecular flexibility index (Phi) is 7.83. The predicted molar refractivity (Wildman–Crippen MR) is 116 cm³/mol. The molecule has 2 N–H and O–H groups in total. The molecule has 0 saturated heterocycles. The van der Waals surface area contributed by atoms with Crippen molar-refractivity contribution in [2.24, 2.45) is 4.99 Å². The summed E-state index contributed by atoms with van der Waals surface area (Å²) in [5.41, 5.74) is 3.60. The molecule has 0 atom stereocenters. The van der Waals surface area contributed by atoms with Gasteiger partial charge in [0.15, 0.2) is 5.96 Å². The monoisotopic (exact) mass is 482 g/mol. The Morgan fingerprint density at radius 2 is 1.93 bits per heavy atom. The van der Waals surface area contributed by atoms with Crippen LogP contribution < -0.4 is 15.4 Å². The van der Waals surface area contributed by atoms with E-state index in [4.69, 9.17) is 4.74 Å². The van der Waals surface area contributed by atoms with Gasteiger partial charge in [0.05, 0.1) is 11.5 Å². The van der Waals surface area contributed by atoms with Crippen molar-refractivity contribution >= 4 is 35.6 Å². The van der Waals surface area contributed by atoms with Gasteiger partial charge in [0, 0.05) is 38.7 Å². The van der Waals surface area contributed by atoms with Gasteiger partial charge >= 0.3 is 0 Å². The van der Waals surface area contributed by atoms with Crippen molar-refractivity contribution in [2.45, 2.75) is 19.4 Å². The molecule has 0 saturated carbocycles. The van der Waals surface area contributed by atoms with E-state index in [0.717, 1.165) is 37.3 Å². The minimum absolute atomic E-state index is 0. The molecule has 0 bridgehead atoms. The fraction of sp³-hybridized carbons (Fsp3) is 0.316. The summed E-state index contributed by atoms with van der Waals surface area (Å²) in [4.78, 5) is 14.5. The largest absolute Gasteiger partial charge is 0.493 e. The van der Waals surface area contributed by atoms with Crippen LogP contribution >= 0.6 is 24.0 Å². The lowest BCUT2D eigenvalue weighted by atomic mass is 10.1. The standard InChI is InChI=1S/C19H22N4O3.HI/c1-20-19(22-13-15-2-5-17(6-3-15)23(24)25)21-10-8-14-4-7-18-16(12-14)9-11-26-18;/h2-7,12H,8-11,13H2,1H3,(H2,20,21,22);1H. The molecular weight excluding hydrogens is 459 g/mol. The van der Waals surface area contributed by atoms with E-state index in [1.807, 2.05) is 6.07 Å². The number of non-ortho nitro benzene ring substituents is 1. The highest BCUT2D eigenvalue weighted by atomic mass is 127. The molecule has 2 aromatic rings. The normalized spacial score (nSPS) is 12.6. The maximum Gasteiger partial charge on any atom is 0.269 e. The Hall–Kier alpha value is -2.36. The van der Waals surface area contributed by atoms with Crippen LogP contribution in [0.1, 0.15) is 16.7 Å². The van der Waals surface area contributed by atoms with Crippen molar-refractivity contribution < 1.29 is 9.66 Å². The third-order valence-electron chi connectivity index (χ3n) is 4.29. The third kappa shape index (κ3) is 5.81. The van der Waals surface area contributed by atoms with Gasteiger partial charge in [-0.1, -0.05) is 24.3 Å². The molecule has 0 radical (unpaired) electrons. The van der Waals surface area contributed by atoms with Crippen LogP contribution in [0.5, 0.6) is 5.75 Å². The molecule has 0 unspecified atom stereocenters. The maximum atomic E-state index is 10.7. The first-order valence-electron chi connectivity index (χ1n) is 8.58. The number of fused-ring (bicyclic) bond motifs is 1. The lowest BCUT2D eigenvalue weighted by Crippen LogP contribution is -2.37. The first-order valence-corrected chi connectivity index (χ1v) is 8.58. The highest BCUT2D eigenvalue weighted by molar-refractivity contribution is 14.0. The molecule has 2 aromatic carbocycles. The second kappa shape index (κ2) is 10.1. The van der Waals surface area contributed by atoms with Crippen LogP contribution in [0.25, 0.3) is 0 Å². The number of nitro benzene ring substituents is 1. The van der Waals surface area contributed by atoms with Gasteiger partial charge in [-0.2, -0.15) is 0 Å². The summed E-state index contributed by atoms with van der Waals surface area (Å²) in [7, 11) is 1.72. The number of aliphatic imine (C=N–C) groups is 1. The fourth-order valence-electron chi connectivity index (χ4n) is 2.86. The quantitative estimate of drug-likeness (QED) is 0.217. The molecule has 8 heteroatoms. The molecule has 0 amide bonds. The smallest absolute Gasteiger partial charge is 0.269 e. The van der Waals surface area contributed by atoms with Crippen LogP contribution in [-0.2, 0) is 19.4 Å². The minimum Gasteiger partial charge on any atom is -0.493 e. The van der Waals surface area contributed by atoms with E-state index >= 15 is 0 Å². The van der Waals surface area contributed by atoms with Crippen molar-refractivity contribution in [1.82, 2.24) is 10.6 Å². The van der Waals surface area contributed by atoms with Crippen LogP contribution in [0.4, 0.5) is 5.69 Å². The molecule has 7 nitrogen and oxygen atoms in total. The lowest BCUT2D eigenvalue weighted by molar-refractivity contribution is -0.384. The van der Waals surface area contributed by atoms with Crippen LogP contribution in [0.2, 0.25) is 0 Å². The van der Waals surface area contributed by atoms with Crippen LogP contribution in [0.15, 0.2) is 47.5 Å². The second-order valence-electron chi connectivity index (χ2n) is 6.07. The topological polar surface area (TPSA) is 88.8 Å². The van der Waals surface area contributed by atoms with E-state index < -0.39 is 4.92 Å². The molecular formula is C19H23IN4O3. The van der Waals surface area contributed by atoms with E-state index in [1.54, 1.807) is 19.2 Å². The van der Waals surface area contributed by atoms with Crippen LogP contribution in [0, 0.1) is 10.1 Å². The SMILES string of the molecule is CN=C(NCCc1ccc2c(c1)CCO2)NCc1ccc([N+](=O)[O-])cc1.I. The fourth-order valence-corrected chi connectivity index (χ4v) is 2.86. The van der Waals surface area contributed by atoms with Crippen molar-refractivity contribution in [3.05, 3.63) is 69.3 Å². The number of ether oxygens (including phenoxy) is 1. The highest BCUT2D eigenvalue weighted by Crippen LogP contribution is 2.25. The molecule has 0 aliphatic carbocycles. The number of rotatable bonds is 6. The van der Waals surface area contributed by atoms with Gasteiger partial charge < -0.3 is 15.4 Å². The van der Waals surface area contributed by atoms with Crippen molar-refractivity contribution in [3.8, 4) is 5.75 Å². The zero-order valence-electron chi connectivity index (χ0n) is 15.1. The zero-order chi connectivity index (χ0) is 18.4. The van der Waals surface area contributed by atoms with E-state index in [1.165, 1.54) is 23.3 Å². The molecule has 1 aliphatic heterocycles. The molecule has 3 rings (SSSR count). The zero-order valence-corrected chi connectivity index (χ0v) is 17.4. The molecule has 1 aliphatic rings. The van der Waals surface area contributed by atoms with Gasteiger partial charge in [-0.05, 0) is 29.2 Å². The molecule has 144 valence electrons. The van der Waals surface area contributed by atoms with Gasteiger partial charge in [-0.3, -0.25) is 15.1 Å². The molecule has 27 heavy (non-hydrogen) atoms. The van der Waals surface area contributed by atoms with E-state index in [0.29, 0.717) is 12.5 Å². The van der Waals surface area contributed by atoms with Gasteiger partial charge in [0.25, 0.3) is 5.69 Å². The average molecular weight is 482 g/mol. The van der Waals surface area contributed by atoms with Gasteiger partial charge in [-0.15, -0.1) is 24.0 Å².